The van der Waals surface area contributed by atoms with Crippen molar-refractivity contribution in [2.24, 2.45) is 0 Å². The minimum atomic E-state index is -0.106. The van der Waals surface area contributed by atoms with Crippen LogP contribution >= 0.6 is 11.6 Å². The topological polar surface area (TPSA) is 57.6 Å². The van der Waals surface area contributed by atoms with Crippen LogP contribution in [-0.2, 0) is 11.2 Å². The molecule has 5 rings (SSSR count). The van der Waals surface area contributed by atoms with E-state index < -0.39 is 0 Å². The van der Waals surface area contributed by atoms with Crippen LogP contribution in [0.1, 0.15) is 64.4 Å². The molecule has 0 saturated carbocycles. The number of alkyl halides is 1. The van der Waals surface area contributed by atoms with Crippen molar-refractivity contribution < 1.29 is 14.7 Å². The summed E-state index contributed by atoms with van der Waals surface area (Å²) in [4.78, 5) is 27.9. The van der Waals surface area contributed by atoms with E-state index in [0.717, 1.165) is 62.2 Å². The number of amides is 1. The molecule has 0 radical (unpaired) electrons. The molecular formula is C30H30ClNO3Se. The van der Waals surface area contributed by atoms with Gasteiger partial charge < -0.3 is 0 Å². The number of carbonyl (C=O) groups excluding carboxylic acids is 2. The van der Waals surface area contributed by atoms with Gasteiger partial charge in [0.2, 0.25) is 0 Å². The van der Waals surface area contributed by atoms with Crippen molar-refractivity contribution >= 4 is 63.9 Å². The molecule has 1 amide bonds. The monoisotopic (exact) mass is 567 g/mol. The second-order valence-electron chi connectivity index (χ2n) is 9.80. The number of phenolic OH excluding ortho intramolecular Hbond substituents is 1. The van der Waals surface area contributed by atoms with Crippen molar-refractivity contribution in [3.05, 3.63) is 69.7 Å². The Balaban J connectivity index is 1.45. The molecular weight excluding hydrogens is 537 g/mol. The van der Waals surface area contributed by atoms with Crippen LogP contribution in [-0.4, -0.2) is 43.7 Å². The average Bonchev–Trinajstić information content (AvgIpc) is 3.45. The maximum absolute atomic E-state index is 13.8. The molecule has 1 atom stereocenters. The van der Waals surface area contributed by atoms with Crippen LogP contribution in [0.15, 0.2) is 48.5 Å². The van der Waals surface area contributed by atoms with E-state index in [0.29, 0.717) is 25.3 Å². The number of aryl methyl sites for hydroxylation is 1. The minimum absolute atomic E-state index is 0.0118. The van der Waals surface area contributed by atoms with E-state index in [-0.39, 0.29) is 37.9 Å². The Morgan fingerprint density at radius 2 is 1.92 bits per heavy atom. The second kappa shape index (κ2) is 10.4. The Morgan fingerprint density at radius 3 is 2.69 bits per heavy atom. The van der Waals surface area contributed by atoms with Crippen LogP contribution in [0.3, 0.4) is 0 Å². The van der Waals surface area contributed by atoms with Gasteiger partial charge in [-0.3, -0.25) is 0 Å². The molecule has 0 spiro atoms. The van der Waals surface area contributed by atoms with Crippen LogP contribution in [0.4, 0.5) is 5.69 Å². The molecule has 3 aromatic carbocycles. The number of halogens is 1. The summed E-state index contributed by atoms with van der Waals surface area (Å²) in [7, 11) is 0. The predicted molar refractivity (Wildman–Crippen MR) is 149 cm³/mol. The number of hydrogen-bond acceptors (Lipinski definition) is 3. The number of carbonyl (C=O) groups is 2. The van der Waals surface area contributed by atoms with E-state index >= 15 is 0 Å². The molecule has 1 aromatic heterocycles. The molecule has 0 aliphatic carbocycles. The first-order chi connectivity index (χ1) is 17.4. The molecule has 4 aromatic rings. The zero-order chi connectivity index (χ0) is 25.4. The standard InChI is InChI=1S/C30H30ClNO3Se/c1-3-4-5-6-22(33)13-19-8-10-27-20(12-19)14-28(36-27)30(35)32-17-21(16-31)29-24-11-18(2)7-9-23(24)26(34)15-25(29)32/h7-12,14-15,21,34H,3-6,13,16-17H2,1-2H3/t21-/m1/s1. The van der Waals surface area contributed by atoms with Gasteiger partial charge in [0.1, 0.15) is 0 Å². The third-order valence-corrected chi connectivity index (χ3v) is 9.76. The molecule has 186 valence electrons. The Hall–Kier alpha value is -2.59. The van der Waals surface area contributed by atoms with Gasteiger partial charge in [0.25, 0.3) is 0 Å². The summed E-state index contributed by atoms with van der Waals surface area (Å²) < 4.78 is 1.95. The summed E-state index contributed by atoms with van der Waals surface area (Å²) in [5.41, 5.74) is 3.91. The van der Waals surface area contributed by atoms with Gasteiger partial charge in [0.05, 0.1) is 0 Å². The van der Waals surface area contributed by atoms with Crippen LogP contribution in [0, 0.1) is 6.92 Å². The molecule has 36 heavy (non-hydrogen) atoms. The van der Waals surface area contributed by atoms with Gasteiger partial charge in [-0.1, -0.05) is 0 Å². The number of rotatable bonds is 8. The number of phenols is 1. The molecule has 0 fully saturated rings. The molecule has 1 aliphatic heterocycles. The van der Waals surface area contributed by atoms with E-state index in [1.54, 1.807) is 11.0 Å². The Bertz CT molecular complexity index is 1470. The molecule has 6 heteroatoms. The van der Waals surface area contributed by atoms with E-state index in [9.17, 15) is 14.7 Å². The van der Waals surface area contributed by atoms with Crippen molar-refractivity contribution in [1.29, 1.82) is 0 Å². The van der Waals surface area contributed by atoms with Crippen molar-refractivity contribution in [2.45, 2.75) is 51.9 Å². The van der Waals surface area contributed by atoms with Gasteiger partial charge in [0, 0.05) is 0 Å². The number of hydrogen-bond donors (Lipinski definition) is 1. The van der Waals surface area contributed by atoms with Gasteiger partial charge in [-0.15, -0.1) is 0 Å². The summed E-state index contributed by atoms with van der Waals surface area (Å²) in [5, 5.41) is 13.6. The van der Waals surface area contributed by atoms with Crippen molar-refractivity contribution in [3.8, 4) is 5.75 Å². The van der Waals surface area contributed by atoms with E-state index in [1.165, 1.54) is 4.26 Å². The molecule has 4 nitrogen and oxygen atoms in total. The van der Waals surface area contributed by atoms with Crippen LogP contribution in [0.2, 0.25) is 0 Å². The van der Waals surface area contributed by atoms with Gasteiger partial charge in [-0.2, -0.15) is 0 Å². The molecule has 0 bridgehead atoms. The van der Waals surface area contributed by atoms with Crippen LogP contribution in [0.25, 0.3) is 20.4 Å². The maximum atomic E-state index is 13.8. The Labute approximate surface area is 222 Å². The fourth-order valence-electron chi connectivity index (χ4n) is 5.24. The normalized spacial score (nSPS) is 15.1. The van der Waals surface area contributed by atoms with Gasteiger partial charge in [-0.05, 0) is 0 Å². The van der Waals surface area contributed by atoms with Crippen LogP contribution < -0.4 is 4.90 Å². The third kappa shape index (κ3) is 4.72. The summed E-state index contributed by atoms with van der Waals surface area (Å²) >= 11 is 6.27. The van der Waals surface area contributed by atoms with Crippen molar-refractivity contribution in [1.82, 2.24) is 0 Å². The SMILES string of the molecule is CCCCCC(=O)Cc1ccc2[se]c(C(=O)N3C[C@@H](CCl)c4c3cc(O)c3ccc(C)cc43)cc2c1. The number of benzene rings is 3. The first-order valence-corrected chi connectivity index (χ1v) is 14.8. The molecule has 2 heterocycles. The van der Waals surface area contributed by atoms with E-state index in [1.807, 2.05) is 31.2 Å². The van der Waals surface area contributed by atoms with E-state index in [4.69, 9.17) is 11.6 Å². The van der Waals surface area contributed by atoms with Gasteiger partial charge >= 0.3 is 223 Å². The fourth-order valence-corrected chi connectivity index (χ4v) is 7.57. The quantitative estimate of drug-likeness (QED) is 0.146. The third-order valence-electron chi connectivity index (χ3n) is 7.08. The Kier molecular flexibility index (Phi) is 7.25. The summed E-state index contributed by atoms with van der Waals surface area (Å²) in [5.74, 6) is 0.848. The predicted octanol–water partition coefficient (Wildman–Crippen LogP) is 6.74. The van der Waals surface area contributed by atoms with Crippen molar-refractivity contribution in [2.75, 3.05) is 17.3 Å². The number of fused-ring (bicyclic) bond motifs is 4. The zero-order valence-corrected chi connectivity index (χ0v) is 23.1. The second-order valence-corrected chi connectivity index (χ2v) is 12.4. The number of aromatic hydroxyl groups is 1. The molecule has 0 unspecified atom stereocenters. The fraction of sp³-hybridized carbons (Fsp3) is 0.333. The Morgan fingerprint density at radius 1 is 1.08 bits per heavy atom. The average molecular weight is 567 g/mol. The first kappa shape index (κ1) is 25.1. The first-order valence-electron chi connectivity index (χ1n) is 12.6. The number of Topliss-reactive ketones (excluding diaryl/α,β-unsaturated/α-hetero) is 1. The van der Waals surface area contributed by atoms with E-state index in [2.05, 4.69) is 25.1 Å². The molecule has 1 aliphatic rings. The molecule has 1 N–H and O–H groups in total. The van der Waals surface area contributed by atoms with Crippen molar-refractivity contribution in [3.63, 3.8) is 0 Å². The number of nitrogens with zero attached hydrogens (tertiary/aromatic N) is 1. The number of unbranched alkanes of at least 4 members (excludes halogenated alkanes) is 2. The summed E-state index contributed by atoms with van der Waals surface area (Å²) in [6, 6.07) is 15.9. The summed E-state index contributed by atoms with van der Waals surface area (Å²) in [6.07, 6.45) is 4.23. The molecule has 0 saturated heterocycles. The van der Waals surface area contributed by atoms with Gasteiger partial charge in [0.15, 0.2) is 0 Å². The van der Waals surface area contributed by atoms with Crippen LogP contribution in [0.5, 0.6) is 5.75 Å². The zero-order valence-electron chi connectivity index (χ0n) is 20.6. The number of ketones is 1. The summed E-state index contributed by atoms with van der Waals surface area (Å²) in [6.45, 7) is 4.67. The van der Waals surface area contributed by atoms with Gasteiger partial charge in [-0.25, -0.2) is 0 Å². The number of anilines is 1.